The third kappa shape index (κ3) is 4.48. The van der Waals surface area contributed by atoms with Gasteiger partial charge >= 0.3 is 0 Å². The van der Waals surface area contributed by atoms with Gasteiger partial charge in [-0.2, -0.15) is 0 Å². The molecule has 0 saturated carbocycles. The molecular weight excluding hydrogens is 425 g/mol. The summed E-state index contributed by atoms with van der Waals surface area (Å²) in [5.41, 5.74) is 5.09. The van der Waals surface area contributed by atoms with E-state index in [-0.39, 0.29) is 18.1 Å². The lowest BCUT2D eigenvalue weighted by Gasteiger charge is -2.42. The van der Waals surface area contributed by atoms with Gasteiger partial charge in [0.1, 0.15) is 12.4 Å². The van der Waals surface area contributed by atoms with E-state index in [1.54, 1.807) is 0 Å². The Hall–Kier alpha value is -2.37. The van der Waals surface area contributed by atoms with Crippen LogP contribution in [0.4, 0.5) is 4.39 Å². The predicted molar refractivity (Wildman–Crippen MR) is 137 cm³/mol. The lowest BCUT2D eigenvalue weighted by atomic mass is 9.76. The molecule has 5 heteroatoms. The molecule has 2 aliphatic heterocycles. The molecule has 1 saturated heterocycles. The van der Waals surface area contributed by atoms with Crippen LogP contribution in [0.5, 0.6) is 5.75 Å². The monoisotopic (exact) mass is 463 g/mol. The summed E-state index contributed by atoms with van der Waals surface area (Å²) in [5, 5.41) is 5.37. The Morgan fingerprint density at radius 3 is 2.65 bits per heavy atom. The van der Waals surface area contributed by atoms with E-state index in [0.717, 1.165) is 38.2 Å². The number of nitrogens with zero attached hydrogens (tertiary/aromatic N) is 1. The molecule has 0 spiro atoms. The van der Waals surface area contributed by atoms with Crippen molar-refractivity contribution in [2.45, 2.75) is 57.5 Å². The molecule has 1 fully saturated rings. The smallest absolute Gasteiger partial charge is 0.119 e. The molecule has 2 aromatic carbocycles. The van der Waals surface area contributed by atoms with E-state index >= 15 is 0 Å². The summed E-state index contributed by atoms with van der Waals surface area (Å²) in [6.07, 6.45) is 5.72. The molecule has 182 valence electrons. The van der Waals surface area contributed by atoms with Gasteiger partial charge < -0.3 is 9.72 Å². The second-order valence-electron chi connectivity index (χ2n) is 10.3. The molecular formula is C29H38FN3O. The van der Waals surface area contributed by atoms with Crippen LogP contribution >= 0.6 is 0 Å². The molecule has 3 aromatic rings. The number of unbranched alkanes of at least 4 members (excludes halogenated alkanes) is 2. The van der Waals surface area contributed by atoms with Crippen molar-refractivity contribution in [2.24, 2.45) is 5.92 Å². The number of rotatable bonds is 10. The molecule has 4 nitrogen and oxygen atoms in total. The van der Waals surface area contributed by atoms with Gasteiger partial charge in [0.15, 0.2) is 0 Å². The zero-order valence-corrected chi connectivity index (χ0v) is 20.6. The Balaban J connectivity index is 1.39. The summed E-state index contributed by atoms with van der Waals surface area (Å²) in [6, 6.07) is 17.8. The van der Waals surface area contributed by atoms with Gasteiger partial charge in [-0.05, 0) is 49.1 Å². The van der Waals surface area contributed by atoms with Crippen LogP contribution in [0.15, 0.2) is 48.5 Å². The largest absolute Gasteiger partial charge is 0.492 e. The molecule has 2 N–H and O–H groups in total. The van der Waals surface area contributed by atoms with Gasteiger partial charge in [0.25, 0.3) is 0 Å². The highest BCUT2D eigenvalue weighted by molar-refractivity contribution is 5.85. The van der Waals surface area contributed by atoms with Crippen molar-refractivity contribution >= 4 is 10.9 Å². The number of hydrogen-bond acceptors (Lipinski definition) is 3. The second kappa shape index (κ2) is 10.1. The molecule has 5 rings (SSSR count). The van der Waals surface area contributed by atoms with Gasteiger partial charge in [0.2, 0.25) is 0 Å². The number of fused-ring (bicyclic) bond motifs is 3. The SMILES string of the molecule is CCCCCC1(c2ccc(OCCN3CC(CF)C3)cc2)NC(C)Cc2c1[nH]c1ccccc21. The van der Waals surface area contributed by atoms with E-state index in [0.29, 0.717) is 12.6 Å². The van der Waals surface area contributed by atoms with Crippen molar-refractivity contribution in [2.75, 3.05) is 32.9 Å². The van der Waals surface area contributed by atoms with Crippen molar-refractivity contribution in [3.63, 3.8) is 0 Å². The van der Waals surface area contributed by atoms with Gasteiger partial charge in [-0.25, -0.2) is 0 Å². The molecule has 0 amide bonds. The number of benzene rings is 2. The lowest BCUT2D eigenvalue weighted by molar-refractivity contribution is 0.0668. The van der Waals surface area contributed by atoms with Gasteiger partial charge in [0, 0.05) is 48.2 Å². The first-order valence-corrected chi connectivity index (χ1v) is 13.0. The number of halogens is 1. The van der Waals surface area contributed by atoms with Gasteiger partial charge in [-0.3, -0.25) is 14.6 Å². The standard InChI is InChI=1S/C29H38FN3O/c1-3-4-7-14-29(28-26(17-21(2)32-29)25-8-5-6-9-27(25)31-28)23-10-12-24(13-11-23)34-16-15-33-19-22(18-30)20-33/h5-6,8-13,21-22,31-32H,3-4,7,14-20H2,1-2H3. The lowest BCUT2D eigenvalue weighted by Crippen LogP contribution is -2.52. The van der Waals surface area contributed by atoms with Crippen molar-refractivity contribution in [3.05, 3.63) is 65.4 Å². The summed E-state index contributed by atoms with van der Waals surface area (Å²) in [5.74, 6) is 1.12. The number of alkyl halides is 1. The maximum Gasteiger partial charge on any atom is 0.119 e. The highest BCUT2D eigenvalue weighted by Crippen LogP contribution is 2.43. The zero-order chi connectivity index (χ0) is 23.5. The van der Waals surface area contributed by atoms with E-state index in [9.17, 15) is 4.39 Å². The van der Waals surface area contributed by atoms with Crippen LogP contribution in [0, 0.1) is 5.92 Å². The van der Waals surface area contributed by atoms with E-state index < -0.39 is 0 Å². The molecule has 0 aliphatic carbocycles. The molecule has 0 radical (unpaired) electrons. The zero-order valence-electron chi connectivity index (χ0n) is 20.6. The summed E-state index contributed by atoms with van der Waals surface area (Å²) < 4.78 is 18.7. The maximum absolute atomic E-state index is 12.6. The Morgan fingerprint density at radius 1 is 1.09 bits per heavy atom. The first-order chi connectivity index (χ1) is 16.6. The normalized spacial score (nSPS) is 23.1. The van der Waals surface area contributed by atoms with Crippen molar-refractivity contribution in [1.29, 1.82) is 0 Å². The van der Waals surface area contributed by atoms with Crippen LogP contribution in [0.2, 0.25) is 0 Å². The fourth-order valence-electron chi connectivity index (χ4n) is 5.92. The summed E-state index contributed by atoms with van der Waals surface area (Å²) in [4.78, 5) is 6.07. The molecule has 1 aromatic heterocycles. The first-order valence-electron chi connectivity index (χ1n) is 13.0. The average Bonchev–Trinajstić information content (AvgIpc) is 3.20. The Bertz CT molecular complexity index is 1090. The van der Waals surface area contributed by atoms with Gasteiger partial charge in [-0.1, -0.05) is 56.5 Å². The summed E-state index contributed by atoms with van der Waals surface area (Å²) >= 11 is 0. The Kier molecular flexibility index (Phi) is 6.94. The third-order valence-corrected chi connectivity index (χ3v) is 7.67. The summed E-state index contributed by atoms with van der Waals surface area (Å²) in [7, 11) is 0. The number of para-hydroxylation sites is 1. The number of aromatic nitrogens is 1. The minimum atomic E-state index is -0.223. The van der Waals surface area contributed by atoms with Crippen LogP contribution < -0.4 is 10.1 Å². The highest BCUT2D eigenvalue weighted by atomic mass is 19.1. The number of ether oxygens (including phenoxy) is 1. The molecule has 2 unspecified atom stereocenters. The molecule has 0 bridgehead atoms. The fraction of sp³-hybridized carbons (Fsp3) is 0.517. The van der Waals surface area contributed by atoms with E-state index in [1.807, 2.05) is 0 Å². The minimum absolute atomic E-state index is 0.205. The summed E-state index contributed by atoms with van der Waals surface area (Å²) in [6.45, 7) is 7.58. The van der Waals surface area contributed by atoms with Crippen molar-refractivity contribution in [1.82, 2.24) is 15.2 Å². The molecule has 2 aliphatic rings. The van der Waals surface area contributed by atoms with Crippen LogP contribution in [-0.4, -0.2) is 48.8 Å². The van der Waals surface area contributed by atoms with Crippen LogP contribution in [0.1, 0.15) is 56.4 Å². The average molecular weight is 464 g/mol. The molecule has 3 heterocycles. The minimum Gasteiger partial charge on any atom is -0.492 e. The number of likely N-dealkylation sites (tertiary alicyclic amines) is 1. The van der Waals surface area contributed by atoms with Crippen molar-refractivity contribution < 1.29 is 9.13 Å². The van der Waals surface area contributed by atoms with E-state index in [4.69, 9.17) is 4.74 Å². The predicted octanol–water partition coefficient (Wildman–Crippen LogP) is 5.81. The van der Waals surface area contributed by atoms with Crippen molar-refractivity contribution in [3.8, 4) is 5.75 Å². The maximum atomic E-state index is 12.6. The van der Waals surface area contributed by atoms with Crippen LogP contribution in [0.3, 0.4) is 0 Å². The second-order valence-corrected chi connectivity index (χ2v) is 10.3. The molecule has 34 heavy (non-hydrogen) atoms. The highest BCUT2D eigenvalue weighted by Gasteiger charge is 2.42. The van der Waals surface area contributed by atoms with Gasteiger partial charge in [0.05, 0.1) is 12.2 Å². The third-order valence-electron chi connectivity index (χ3n) is 7.67. The van der Waals surface area contributed by atoms with Gasteiger partial charge in [-0.15, -0.1) is 0 Å². The number of hydrogen-bond donors (Lipinski definition) is 2. The Morgan fingerprint density at radius 2 is 1.88 bits per heavy atom. The van der Waals surface area contributed by atoms with E-state index in [2.05, 4.69) is 77.6 Å². The Labute approximate surface area is 202 Å². The first kappa shape index (κ1) is 23.4. The number of nitrogens with one attached hydrogen (secondary N) is 2. The van der Waals surface area contributed by atoms with Crippen LogP contribution in [-0.2, 0) is 12.0 Å². The quantitative estimate of drug-likeness (QED) is 0.373. The fourth-order valence-corrected chi connectivity index (χ4v) is 5.92. The number of aromatic amines is 1. The van der Waals surface area contributed by atoms with E-state index in [1.165, 1.54) is 47.0 Å². The topological polar surface area (TPSA) is 40.3 Å². The van der Waals surface area contributed by atoms with Crippen LogP contribution in [0.25, 0.3) is 10.9 Å². The number of H-pyrrole nitrogens is 1. The molecule has 2 atom stereocenters.